The Labute approximate surface area is 169 Å². The van der Waals surface area contributed by atoms with Crippen LogP contribution in [0.5, 0.6) is 11.5 Å². The Hall–Kier alpha value is -2.54. The first-order chi connectivity index (χ1) is 13.7. The Balaban J connectivity index is 1.69. The summed E-state index contributed by atoms with van der Waals surface area (Å²) in [4.78, 5) is 4.49. The molecule has 0 radical (unpaired) electrons. The number of aliphatic imine (C=N–C) groups is 1. The Morgan fingerprint density at radius 2 is 1.75 bits per heavy atom. The van der Waals surface area contributed by atoms with E-state index in [0.717, 1.165) is 23.6 Å². The molecule has 0 bridgehead atoms. The highest BCUT2D eigenvalue weighted by atomic mass is 32.2. The topological polar surface area (TPSA) is 72.0 Å². The molecule has 0 amide bonds. The van der Waals surface area contributed by atoms with Gasteiger partial charge in [0.2, 0.25) is 0 Å². The van der Waals surface area contributed by atoms with Crippen LogP contribution in [0.3, 0.4) is 0 Å². The monoisotopic (exact) mass is 403 g/mol. The highest BCUT2D eigenvalue weighted by molar-refractivity contribution is 7.84. The van der Waals surface area contributed by atoms with Crippen molar-refractivity contribution in [2.75, 3.05) is 39.1 Å². The lowest BCUT2D eigenvalue weighted by Crippen LogP contribution is -2.39. The third kappa shape index (κ3) is 8.43. The van der Waals surface area contributed by atoms with E-state index in [1.165, 1.54) is 0 Å². The summed E-state index contributed by atoms with van der Waals surface area (Å²) in [6.07, 6.45) is 0. The highest BCUT2D eigenvalue weighted by Crippen LogP contribution is 2.16. The van der Waals surface area contributed by atoms with Gasteiger partial charge >= 0.3 is 0 Å². The average molecular weight is 404 g/mol. The predicted octanol–water partition coefficient (Wildman–Crippen LogP) is 2.58. The number of nitrogens with zero attached hydrogens (tertiary/aromatic N) is 1. The van der Waals surface area contributed by atoms with E-state index in [2.05, 4.69) is 15.6 Å². The van der Waals surface area contributed by atoms with Crippen molar-refractivity contribution in [2.24, 2.45) is 4.99 Å². The van der Waals surface area contributed by atoms with Gasteiger partial charge in [-0.25, -0.2) is 0 Å². The van der Waals surface area contributed by atoms with Crippen molar-refractivity contribution in [1.82, 2.24) is 10.6 Å². The number of nitrogens with one attached hydrogen (secondary N) is 2. The number of benzene rings is 2. The fourth-order valence-electron chi connectivity index (χ4n) is 2.44. The van der Waals surface area contributed by atoms with Crippen LogP contribution in [0.25, 0.3) is 0 Å². The van der Waals surface area contributed by atoms with Crippen molar-refractivity contribution in [1.29, 1.82) is 0 Å². The van der Waals surface area contributed by atoms with Crippen LogP contribution in [0.1, 0.15) is 12.5 Å². The Bertz CT molecular complexity index is 736. The molecular formula is C21H29N3O3S. The lowest BCUT2D eigenvalue weighted by Gasteiger charge is -2.12. The Morgan fingerprint density at radius 1 is 1.04 bits per heavy atom. The number of rotatable bonds is 11. The number of methoxy groups -OCH3 is 1. The third-order valence-electron chi connectivity index (χ3n) is 3.83. The summed E-state index contributed by atoms with van der Waals surface area (Å²) in [5.41, 5.74) is 1.09. The van der Waals surface area contributed by atoms with Crippen molar-refractivity contribution in [2.45, 2.75) is 12.7 Å². The normalized spacial score (nSPS) is 12.3. The SMILES string of the molecule is CCNC(=NCCS(=O)Cc1ccccc1)NCCOc1ccc(OC)cc1. The van der Waals surface area contributed by atoms with E-state index < -0.39 is 10.8 Å². The minimum Gasteiger partial charge on any atom is -0.497 e. The Morgan fingerprint density at radius 3 is 2.43 bits per heavy atom. The summed E-state index contributed by atoms with van der Waals surface area (Å²) in [6, 6.07) is 17.4. The summed E-state index contributed by atoms with van der Waals surface area (Å²) < 4.78 is 23.0. The number of hydrogen-bond donors (Lipinski definition) is 2. The molecule has 0 aromatic heterocycles. The van der Waals surface area contributed by atoms with Crippen LogP contribution in [-0.4, -0.2) is 49.3 Å². The van der Waals surface area contributed by atoms with Gasteiger partial charge in [-0.2, -0.15) is 0 Å². The molecule has 152 valence electrons. The standard InChI is InChI=1S/C21H29N3O3S/c1-3-22-21(23-13-15-27-20-11-9-19(26-2)10-12-20)24-14-16-28(25)17-18-7-5-4-6-8-18/h4-12H,3,13-17H2,1-2H3,(H2,22,23,24). The van der Waals surface area contributed by atoms with Crippen LogP contribution >= 0.6 is 0 Å². The lowest BCUT2D eigenvalue weighted by molar-refractivity contribution is 0.321. The zero-order valence-electron chi connectivity index (χ0n) is 16.5. The molecule has 0 aliphatic rings. The van der Waals surface area contributed by atoms with Crippen LogP contribution < -0.4 is 20.1 Å². The first kappa shape index (κ1) is 21.8. The van der Waals surface area contributed by atoms with Gasteiger partial charge in [-0.3, -0.25) is 9.20 Å². The second kappa shape index (κ2) is 12.8. The molecule has 28 heavy (non-hydrogen) atoms. The van der Waals surface area contributed by atoms with Gasteiger partial charge in [-0.15, -0.1) is 0 Å². The largest absolute Gasteiger partial charge is 0.497 e. The molecule has 2 aromatic carbocycles. The van der Waals surface area contributed by atoms with E-state index in [0.29, 0.717) is 37.2 Å². The fraction of sp³-hybridized carbons (Fsp3) is 0.381. The zero-order valence-corrected chi connectivity index (χ0v) is 17.3. The van der Waals surface area contributed by atoms with Gasteiger partial charge in [0.15, 0.2) is 5.96 Å². The maximum absolute atomic E-state index is 12.2. The zero-order chi connectivity index (χ0) is 20.0. The van der Waals surface area contributed by atoms with Crippen LogP contribution in [0.4, 0.5) is 0 Å². The van der Waals surface area contributed by atoms with Gasteiger partial charge in [-0.05, 0) is 36.8 Å². The summed E-state index contributed by atoms with van der Waals surface area (Å²) in [6.45, 7) is 4.41. The fourth-order valence-corrected chi connectivity index (χ4v) is 3.45. The molecule has 7 heteroatoms. The van der Waals surface area contributed by atoms with Crippen LogP contribution in [-0.2, 0) is 16.6 Å². The van der Waals surface area contributed by atoms with Gasteiger partial charge in [0.25, 0.3) is 0 Å². The van der Waals surface area contributed by atoms with Crippen molar-refractivity contribution >= 4 is 16.8 Å². The second-order valence-electron chi connectivity index (χ2n) is 5.99. The predicted molar refractivity (Wildman–Crippen MR) is 116 cm³/mol. The summed E-state index contributed by atoms with van der Waals surface area (Å²) in [5.74, 6) is 3.40. The molecule has 0 aliphatic heterocycles. The van der Waals surface area contributed by atoms with Gasteiger partial charge in [0, 0.05) is 28.9 Å². The van der Waals surface area contributed by atoms with Crippen LogP contribution in [0.15, 0.2) is 59.6 Å². The molecule has 2 rings (SSSR count). The van der Waals surface area contributed by atoms with Crippen molar-refractivity contribution in [3.05, 3.63) is 60.2 Å². The molecule has 0 saturated heterocycles. The van der Waals surface area contributed by atoms with Gasteiger partial charge in [0.05, 0.1) is 20.2 Å². The van der Waals surface area contributed by atoms with Crippen molar-refractivity contribution in [3.8, 4) is 11.5 Å². The quantitative estimate of drug-likeness (QED) is 0.343. The van der Waals surface area contributed by atoms with Gasteiger partial charge in [-0.1, -0.05) is 30.3 Å². The van der Waals surface area contributed by atoms with E-state index in [1.807, 2.05) is 61.5 Å². The van der Waals surface area contributed by atoms with E-state index >= 15 is 0 Å². The minimum atomic E-state index is -0.924. The molecule has 0 heterocycles. The maximum atomic E-state index is 12.2. The maximum Gasteiger partial charge on any atom is 0.191 e. The molecular weight excluding hydrogens is 374 g/mol. The molecule has 0 fully saturated rings. The van der Waals surface area contributed by atoms with Crippen molar-refractivity contribution < 1.29 is 13.7 Å². The number of guanidine groups is 1. The minimum absolute atomic E-state index is 0.508. The molecule has 1 atom stereocenters. The van der Waals surface area contributed by atoms with Gasteiger partial charge < -0.3 is 20.1 Å². The lowest BCUT2D eigenvalue weighted by atomic mass is 10.2. The number of hydrogen-bond acceptors (Lipinski definition) is 4. The van der Waals surface area contributed by atoms with Crippen LogP contribution in [0.2, 0.25) is 0 Å². The molecule has 0 spiro atoms. The molecule has 1 unspecified atom stereocenters. The molecule has 0 saturated carbocycles. The molecule has 2 N–H and O–H groups in total. The molecule has 0 aliphatic carbocycles. The van der Waals surface area contributed by atoms with Gasteiger partial charge in [0.1, 0.15) is 18.1 Å². The first-order valence-corrected chi connectivity index (χ1v) is 10.9. The summed E-state index contributed by atoms with van der Waals surface area (Å²) >= 11 is 0. The smallest absolute Gasteiger partial charge is 0.191 e. The summed E-state index contributed by atoms with van der Waals surface area (Å²) in [7, 11) is 0.713. The van der Waals surface area contributed by atoms with E-state index in [1.54, 1.807) is 7.11 Å². The molecule has 2 aromatic rings. The highest BCUT2D eigenvalue weighted by Gasteiger charge is 2.02. The first-order valence-electron chi connectivity index (χ1n) is 9.39. The van der Waals surface area contributed by atoms with Crippen molar-refractivity contribution in [3.63, 3.8) is 0 Å². The van der Waals surface area contributed by atoms with E-state index in [9.17, 15) is 4.21 Å². The second-order valence-corrected chi connectivity index (χ2v) is 7.56. The van der Waals surface area contributed by atoms with E-state index in [-0.39, 0.29) is 0 Å². The Kier molecular flexibility index (Phi) is 9.93. The summed E-state index contributed by atoms with van der Waals surface area (Å²) in [5, 5.41) is 6.41. The average Bonchev–Trinajstić information content (AvgIpc) is 2.72. The number of ether oxygens (including phenoxy) is 2. The van der Waals surface area contributed by atoms with Crippen LogP contribution in [0, 0.1) is 0 Å². The molecule has 6 nitrogen and oxygen atoms in total. The third-order valence-corrected chi connectivity index (χ3v) is 5.12. The van der Waals surface area contributed by atoms with E-state index in [4.69, 9.17) is 9.47 Å².